The summed E-state index contributed by atoms with van der Waals surface area (Å²) in [5, 5.41) is 3.37. The van der Waals surface area contributed by atoms with E-state index < -0.39 is 9.84 Å². The quantitative estimate of drug-likeness (QED) is 0.883. The lowest BCUT2D eigenvalue weighted by molar-refractivity contribution is 0.437. The molecule has 0 saturated carbocycles. The van der Waals surface area contributed by atoms with Gasteiger partial charge in [0.25, 0.3) is 0 Å². The van der Waals surface area contributed by atoms with Crippen LogP contribution in [0.4, 0.5) is 0 Å². The van der Waals surface area contributed by atoms with Crippen LogP contribution in [0.5, 0.6) is 0 Å². The average molecular weight is 254 g/mol. The SMILES string of the molecule is CC(NC1CCCS(=O)(=O)C1)c1cccnc1. The molecule has 2 unspecified atom stereocenters. The zero-order valence-electron chi connectivity index (χ0n) is 9.96. The Hall–Kier alpha value is -0.940. The smallest absolute Gasteiger partial charge is 0.151 e. The fourth-order valence-electron chi connectivity index (χ4n) is 2.24. The zero-order chi connectivity index (χ0) is 12.3. The lowest BCUT2D eigenvalue weighted by atomic mass is 10.1. The zero-order valence-corrected chi connectivity index (χ0v) is 10.8. The van der Waals surface area contributed by atoms with Gasteiger partial charge in [0.1, 0.15) is 0 Å². The van der Waals surface area contributed by atoms with Gasteiger partial charge in [-0.1, -0.05) is 6.07 Å². The standard InChI is InChI=1S/C12H18N2O2S/c1-10(11-4-2-6-13-8-11)14-12-5-3-7-17(15,16)9-12/h2,4,6,8,10,12,14H,3,5,7,9H2,1H3. The summed E-state index contributed by atoms with van der Waals surface area (Å²) in [7, 11) is -2.84. The van der Waals surface area contributed by atoms with E-state index in [1.165, 1.54) is 0 Å². The molecule has 1 aromatic rings. The highest BCUT2D eigenvalue weighted by molar-refractivity contribution is 7.91. The third-order valence-corrected chi connectivity index (χ3v) is 4.95. The number of hydrogen-bond acceptors (Lipinski definition) is 4. The number of nitrogens with one attached hydrogen (secondary N) is 1. The van der Waals surface area contributed by atoms with Crippen molar-refractivity contribution >= 4 is 9.84 Å². The lowest BCUT2D eigenvalue weighted by Crippen LogP contribution is -2.41. The molecule has 1 aliphatic heterocycles. The van der Waals surface area contributed by atoms with Gasteiger partial charge < -0.3 is 5.32 Å². The normalized spacial score (nSPS) is 25.4. The second kappa shape index (κ2) is 5.14. The van der Waals surface area contributed by atoms with Gasteiger partial charge in [-0.2, -0.15) is 0 Å². The Balaban J connectivity index is 1.97. The Kier molecular flexibility index (Phi) is 3.79. The third kappa shape index (κ3) is 3.51. The maximum atomic E-state index is 11.5. The molecule has 5 heteroatoms. The Morgan fingerprint density at radius 2 is 2.35 bits per heavy atom. The van der Waals surface area contributed by atoms with E-state index in [4.69, 9.17) is 0 Å². The maximum absolute atomic E-state index is 11.5. The molecular weight excluding hydrogens is 236 g/mol. The number of nitrogens with zero attached hydrogens (tertiary/aromatic N) is 1. The molecule has 0 bridgehead atoms. The second-order valence-corrected chi connectivity index (χ2v) is 6.86. The van der Waals surface area contributed by atoms with Crippen molar-refractivity contribution in [3.8, 4) is 0 Å². The second-order valence-electron chi connectivity index (χ2n) is 4.63. The molecule has 1 N–H and O–H groups in total. The topological polar surface area (TPSA) is 59.1 Å². The van der Waals surface area contributed by atoms with Crippen LogP contribution in [0.3, 0.4) is 0 Å². The molecule has 4 nitrogen and oxygen atoms in total. The fourth-order valence-corrected chi connectivity index (χ4v) is 3.89. The predicted molar refractivity (Wildman–Crippen MR) is 67.5 cm³/mol. The molecule has 2 rings (SSSR count). The number of pyridine rings is 1. The number of rotatable bonds is 3. The summed E-state index contributed by atoms with van der Waals surface area (Å²) in [5.41, 5.74) is 1.09. The lowest BCUT2D eigenvalue weighted by Gasteiger charge is -2.26. The molecule has 1 fully saturated rings. The van der Waals surface area contributed by atoms with Crippen LogP contribution < -0.4 is 5.32 Å². The van der Waals surface area contributed by atoms with Crippen molar-refractivity contribution in [1.29, 1.82) is 0 Å². The molecule has 17 heavy (non-hydrogen) atoms. The van der Waals surface area contributed by atoms with Gasteiger partial charge in [-0.3, -0.25) is 4.98 Å². The molecule has 1 aliphatic rings. The molecule has 1 saturated heterocycles. The van der Waals surface area contributed by atoms with E-state index in [-0.39, 0.29) is 17.8 Å². The van der Waals surface area contributed by atoms with E-state index in [0.717, 1.165) is 18.4 Å². The minimum atomic E-state index is -2.84. The first kappa shape index (κ1) is 12.5. The molecule has 0 amide bonds. The number of sulfone groups is 1. The van der Waals surface area contributed by atoms with Crippen LogP contribution in [0.25, 0.3) is 0 Å². The van der Waals surface area contributed by atoms with Crippen molar-refractivity contribution in [3.05, 3.63) is 30.1 Å². The van der Waals surface area contributed by atoms with Crippen molar-refractivity contribution in [2.24, 2.45) is 0 Å². The summed E-state index contributed by atoms with van der Waals surface area (Å²) < 4.78 is 23.1. The molecule has 2 atom stereocenters. The first-order chi connectivity index (χ1) is 8.07. The summed E-state index contributed by atoms with van der Waals surface area (Å²) in [6.07, 6.45) is 5.25. The van der Waals surface area contributed by atoms with Gasteiger partial charge >= 0.3 is 0 Å². The van der Waals surface area contributed by atoms with Gasteiger partial charge in [-0.25, -0.2) is 8.42 Å². The largest absolute Gasteiger partial charge is 0.306 e. The summed E-state index contributed by atoms with van der Waals surface area (Å²) in [5.74, 6) is 0.601. The van der Waals surface area contributed by atoms with E-state index in [1.54, 1.807) is 6.20 Å². The van der Waals surface area contributed by atoms with Crippen LogP contribution in [-0.4, -0.2) is 30.9 Å². The Morgan fingerprint density at radius 3 is 3.00 bits per heavy atom. The first-order valence-corrected chi connectivity index (χ1v) is 7.75. The van der Waals surface area contributed by atoms with Crippen LogP contribution in [0.15, 0.2) is 24.5 Å². The van der Waals surface area contributed by atoms with Gasteiger partial charge in [-0.05, 0) is 31.4 Å². The Morgan fingerprint density at radius 1 is 1.53 bits per heavy atom. The van der Waals surface area contributed by atoms with Gasteiger partial charge in [-0.15, -0.1) is 0 Å². The van der Waals surface area contributed by atoms with Gasteiger partial charge in [0.05, 0.1) is 11.5 Å². The van der Waals surface area contributed by atoms with Gasteiger partial charge in [0.15, 0.2) is 9.84 Å². The number of aromatic nitrogens is 1. The third-order valence-electron chi connectivity index (χ3n) is 3.13. The van der Waals surface area contributed by atoms with E-state index in [2.05, 4.69) is 10.3 Å². The molecule has 94 valence electrons. The summed E-state index contributed by atoms with van der Waals surface area (Å²) in [4.78, 5) is 4.07. The van der Waals surface area contributed by atoms with Crippen molar-refractivity contribution in [2.75, 3.05) is 11.5 Å². The van der Waals surface area contributed by atoms with Gasteiger partial charge in [0, 0.05) is 24.5 Å². The van der Waals surface area contributed by atoms with Crippen LogP contribution in [0.2, 0.25) is 0 Å². The van der Waals surface area contributed by atoms with Crippen molar-refractivity contribution in [3.63, 3.8) is 0 Å². The minimum absolute atomic E-state index is 0.0731. The molecule has 0 aliphatic carbocycles. The van der Waals surface area contributed by atoms with E-state index >= 15 is 0 Å². The molecule has 2 heterocycles. The number of hydrogen-bond donors (Lipinski definition) is 1. The highest BCUT2D eigenvalue weighted by Crippen LogP contribution is 2.17. The average Bonchev–Trinajstić information content (AvgIpc) is 2.29. The molecule has 0 spiro atoms. The molecule has 1 aromatic heterocycles. The fraction of sp³-hybridized carbons (Fsp3) is 0.583. The van der Waals surface area contributed by atoms with E-state index in [1.807, 2.05) is 25.3 Å². The maximum Gasteiger partial charge on any atom is 0.151 e. The van der Waals surface area contributed by atoms with Crippen molar-refractivity contribution in [2.45, 2.75) is 31.8 Å². The monoisotopic (exact) mass is 254 g/mol. The van der Waals surface area contributed by atoms with Crippen LogP contribution in [0, 0.1) is 0 Å². The van der Waals surface area contributed by atoms with E-state index in [9.17, 15) is 8.42 Å². The minimum Gasteiger partial charge on any atom is -0.306 e. The Labute approximate surface area is 102 Å². The predicted octanol–water partition coefficient (Wildman–Crippen LogP) is 1.31. The van der Waals surface area contributed by atoms with Gasteiger partial charge in [0.2, 0.25) is 0 Å². The molecule has 0 radical (unpaired) electrons. The summed E-state index contributed by atoms with van der Waals surface area (Å²) in [6.45, 7) is 2.04. The highest BCUT2D eigenvalue weighted by atomic mass is 32.2. The van der Waals surface area contributed by atoms with E-state index in [0.29, 0.717) is 5.75 Å². The highest BCUT2D eigenvalue weighted by Gasteiger charge is 2.25. The molecular formula is C12H18N2O2S. The van der Waals surface area contributed by atoms with Crippen molar-refractivity contribution in [1.82, 2.24) is 10.3 Å². The van der Waals surface area contributed by atoms with Crippen LogP contribution in [0.1, 0.15) is 31.4 Å². The summed E-state index contributed by atoms with van der Waals surface area (Å²) in [6, 6.07) is 4.11. The molecule has 0 aromatic carbocycles. The van der Waals surface area contributed by atoms with Crippen LogP contribution >= 0.6 is 0 Å². The van der Waals surface area contributed by atoms with Crippen LogP contribution in [-0.2, 0) is 9.84 Å². The first-order valence-electron chi connectivity index (χ1n) is 5.93. The Bertz CT molecular complexity index is 459. The van der Waals surface area contributed by atoms with Crippen molar-refractivity contribution < 1.29 is 8.42 Å². The summed E-state index contributed by atoms with van der Waals surface area (Å²) >= 11 is 0.